The fraction of sp³-hybridized carbons (Fsp3) is 0.727. The van der Waals surface area contributed by atoms with Crippen molar-refractivity contribution in [2.45, 2.75) is 39.0 Å². The maximum absolute atomic E-state index is 4.50. The first-order valence-electron chi connectivity index (χ1n) is 5.13. The van der Waals surface area contributed by atoms with E-state index >= 15 is 0 Å². The highest BCUT2D eigenvalue weighted by Gasteiger charge is 2.15. The van der Waals surface area contributed by atoms with Crippen LogP contribution in [0.25, 0.3) is 0 Å². The van der Waals surface area contributed by atoms with Gasteiger partial charge in [0.05, 0.1) is 5.69 Å². The Balaban J connectivity index is 2.38. The van der Waals surface area contributed by atoms with Crippen LogP contribution in [0, 0.1) is 13.8 Å². The van der Waals surface area contributed by atoms with E-state index in [0.717, 1.165) is 13.1 Å². The second kappa shape index (κ2) is 5.32. The molecule has 4 heteroatoms. The standard InChI is InChI=1S/C11H20N2S2/c1-8-9(2)15-10(13-8)6-12-7-11(3,4)14-5/h12H,6-7H2,1-5H3. The third-order valence-electron chi connectivity index (χ3n) is 2.45. The molecule has 0 aliphatic rings. The largest absolute Gasteiger partial charge is 0.309 e. The number of thiazole rings is 1. The lowest BCUT2D eigenvalue weighted by Crippen LogP contribution is -2.31. The summed E-state index contributed by atoms with van der Waals surface area (Å²) in [6, 6.07) is 0. The van der Waals surface area contributed by atoms with Gasteiger partial charge < -0.3 is 5.32 Å². The number of hydrogen-bond acceptors (Lipinski definition) is 4. The lowest BCUT2D eigenvalue weighted by atomic mass is 10.2. The summed E-state index contributed by atoms with van der Waals surface area (Å²) in [6.45, 7) is 10.6. The van der Waals surface area contributed by atoms with Gasteiger partial charge in [-0.2, -0.15) is 11.8 Å². The molecule has 0 amide bonds. The van der Waals surface area contributed by atoms with Crippen LogP contribution < -0.4 is 5.32 Å². The van der Waals surface area contributed by atoms with Crippen LogP contribution in [-0.2, 0) is 6.54 Å². The van der Waals surface area contributed by atoms with Crippen molar-refractivity contribution in [2.75, 3.05) is 12.8 Å². The van der Waals surface area contributed by atoms with E-state index in [-0.39, 0.29) is 0 Å². The number of thioether (sulfide) groups is 1. The minimum absolute atomic E-state index is 0.307. The number of nitrogens with one attached hydrogen (secondary N) is 1. The Hall–Kier alpha value is -0.0600. The van der Waals surface area contributed by atoms with Gasteiger partial charge in [0, 0.05) is 22.7 Å². The van der Waals surface area contributed by atoms with E-state index in [9.17, 15) is 0 Å². The molecule has 0 spiro atoms. The summed E-state index contributed by atoms with van der Waals surface area (Å²) in [4.78, 5) is 5.83. The molecule has 1 heterocycles. The molecule has 0 saturated heterocycles. The van der Waals surface area contributed by atoms with Crippen LogP contribution in [-0.4, -0.2) is 22.5 Å². The van der Waals surface area contributed by atoms with E-state index in [1.165, 1.54) is 15.6 Å². The van der Waals surface area contributed by atoms with Crippen LogP contribution in [0.3, 0.4) is 0 Å². The molecule has 1 N–H and O–H groups in total. The Morgan fingerprint density at radius 1 is 1.40 bits per heavy atom. The molecule has 0 aliphatic carbocycles. The first kappa shape index (κ1) is 13.0. The van der Waals surface area contributed by atoms with Gasteiger partial charge in [-0.15, -0.1) is 11.3 Å². The van der Waals surface area contributed by atoms with Gasteiger partial charge >= 0.3 is 0 Å². The minimum Gasteiger partial charge on any atom is -0.309 e. The molecule has 0 atom stereocenters. The molecule has 0 unspecified atom stereocenters. The Morgan fingerprint density at radius 2 is 2.07 bits per heavy atom. The zero-order valence-electron chi connectivity index (χ0n) is 10.2. The van der Waals surface area contributed by atoms with Crippen molar-refractivity contribution in [1.82, 2.24) is 10.3 Å². The van der Waals surface area contributed by atoms with Crippen molar-refractivity contribution in [3.05, 3.63) is 15.6 Å². The van der Waals surface area contributed by atoms with Gasteiger partial charge in [0.1, 0.15) is 5.01 Å². The van der Waals surface area contributed by atoms with E-state index in [1.54, 1.807) is 11.3 Å². The van der Waals surface area contributed by atoms with E-state index in [2.05, 4.69) is 44.3 Å². The van der Waals surface area contributed by atoms with Crippen molar-refractivity contribution >= 4 is 23.1 Å². The monoisotopic (exact) mass is 244 g/mol. The number of aromatic nitrogens is 1. The van der Waals surface area contributed by atoms with Crippen LogP contribution >= 0.6 is 23.1 Å². The highest BCUT2D eigenvalue weighted by Crippen LogP contribution is 2.20. The van der Waals surface area contributed by atoms with Crippen molar-refractivity contribution < 1.29 is 0 Å². The van der Waals surface area contributed by atoms with Crippen molar-refractivity contribution in [3.8, 4) is 0 Å². The van der Waals surface area contributed by atoms with Gasteiger partial charge in [0.2, 0.25) is 0 Å². The lowest BCUT2D eigenvalue weighted by molar-refractivity contribution is 0.589. The first-order valence-corrected chi connectivity index (χ1v) is 7.17. The Kier molecular flexibility index (Phi) is 4.62. The number of aryl methyl sites for hydroxylation is 2. The topological polar surface area (TPSA) is 24.9 Å². The summed E-state index contributed by atoms with van der Waals surface area (Å²) in [5.74, 6) is 0. The van der Waals surface area contributed by atoms with E-state index in [1.807, 2.05) is 11.8 Å². The molecule has 1 rings (SSSR count). The molecule has 0 aliphatic heterocycles. The lowest BCUT2D eigenvalue weighted by Gasteiger charge is -2.21. The zero-order chi connectivity index (χ0) is 11.5. The van der Waals surface area contributed by atoms with Crippen LogP contribution in [0.15, 0.2) is 0 Å². The average Bonchev–Trinajstić information content (AvgIpc) is 2.46. The summed E-state index contributed by atoms with van der Waals surface area (Å²) < 4.78 is 0.307. The van der Waals surface area contributed by atoms with E-state index in [4.69, 9.17) is 0 Å². The third-order valence-corrected chi connectivity index (χ3v) is 4.77. The van der Waals surface area contributed by atoms with Gasteiger partial charge in [-0.25, -0.2) is 4.98 Å². The second-order valence-electron chi connectivity index (χ2n) is 4.32. The fourth-order valence-electron chi connectivity index (χ4n) is 1.16. The summed E-state index contributed by atoms with van der Waals surface area (Å²) in [7, 11) is 0. The molecule has 0 bridgehead atoms. The second-order valence-corrected chi connectivity index (χ2v) is 7.12. The summed E-state index contributed by atoms with van der Waals surface area (Å²) >= 11 is 3.68. The molecule has 0 radical (unpaired) electrons. The predicted molar refractivity (Wildman–Crippen MR) is 70.9 cm³/mol. The van der Waals surface area contributed by atoms with Crippen LogP contribution in [0.2, 0.25) is 0 Å². The maximum Gasteiger partial charge on any atom is 0.107 e. The quantitative estimate of drug-likeness (QED) is 0.862. The van der Waals surface area contributed by atoms with Crippen LogP contribution in [0.4, 0.5) is 0 Å². The Morgan fingerprint density at radius 3 is 2.53 bits per heavy atom. The normalized spacial score (nSPS) is 12.1. The van der Waals surface area contributed by atoms with Gasteiger partial charge in [0.25, 0.3) is 0 Å². The Bertz CT molecular complexity index is 299. The molecule has 0 saturated carbocycles. The molecule has 1 aromatic rings. The van der Waals surface area contributed by atoms with Crippen molar-refractivity contribution in [2.24, 2.45) is 0 Å². The SMILES string of the molecule is CSC(C)(C)CNCc1nc(C)c(C)s1. The fourth-order valence-corrected chi connectivity index (χ4v) is 2.31. The highest BCUT2D eigenvalue weighted by atomic mass is 32.2. The number of rotatable bonds is 5. The molecule has 0 fully saturated rings. The van der Waals surface area contributed by atoms with E-state index < -0.39 is 0 Å². The molecule has 15 heavy (non-hydrogen) atoms. The zero-order valence-corrected chi connectivity index (χ0v) is 11.8. The molecule has 1 aromatic heterocycles. The van der Waals surface area contributed by atoms with Gasteiger partial charge in [-0.1, -0.05) is 0 Å². The Labute approximate surface area is 101 Å². The smallest absolute Gasteiger partial charge is 0.107 e. The number of nitrogens with zero attached hydrogens (tertiary/aromatic N) is 1. The first-order chi connectivity index (χ1) is 6.94. The molecular formula is C11H20N2S2. The third kappa shape index (κ3) is 4.13. The molecule has 0 aromatic carbocycles. The molecular weight excluding hydrogens is 224 g/mol. The van der Waals surface area contributed by atoms with Gasteiger partial charge in [-0.3, -0.25) is 0 Å². The van der Waals surface area contributed by atoms with Gasteiger partial charge in [-0.05, 0) is 34.0 Å². The van der Waals surface area contributed by atoms with Crippen LogP contribution in [0.1, 0.15) is 29.4 Å². The minimum atomic E-state index is 0.307. The van der Waals surface area contributed by atoms with E-state index in [0.29, 0.717) is 4.75 Å². The predicted octanol–water partition coefficient (Wildman–Crippen LogP) is 2.99. The summed E-state index contributed by atoms with van der Waals surface area (Å²) in [6.07, 6.45) is 2.15. The number of hydrogen-bond donors (Lipinski definition) is 1. The maximum atomic E-state index is 4.50. The molecule has 2 nitrogen and oxygen atoms in total. The van der Waals surface area contributed by atoms with Crippen LogP contribution in [0.5, 0.6) is 0 Å². The van der Waals surface area contributed by atoms with Gasteiger partial charge in [0.15, 0.2) is 0 Å². The summed E-state index contributed by atoms with van der Waals surface area (Å²) in [5.41, 5.74) is 1.17. The van der Waals surface area contributed by atoms with Crippen molar-refractivity contribution in [1.29, 1.82) is 0 Å². The molecule has 86 valence electrons. The summed E-state index contributed by atoms with van der Waals surface area (Å²) in [5, 5.41) is 4.66. The average molecular weight is 244 g/mol. The van der Waals surface area contributed by atoms with Crippen molar-refractivity contribution in [3.63, 3.8) is 0 Å². The highest BCUT2D eigenvalue weighted by molar-refractivity contribution is 7.99.